The summed E-state index contributed by atoms with van der Waals surface area (Å²) in [6.45, 7) is 2.59. The lowest BCUT2D eigenvalue weighted by atomic mass is 10.0. The Hall–Kier alpha value is -3.05. The zero-order chi connectivity index (χ0) is 20.8. The van der Waals surface area contributed by atoms with Gasteiger partial charge in [-0.15, -0.1) is 0 Å². The lowest BCUT2D eigenvalue weighted by molar-refractivity contribution is -0.123. The molecule has 1 heterocycles. The minimum Gasteiger partial charge on any atom is -0.496 e. The van der Waals surface area contributed by atoms with Gasteiger partial charge in [-0.25, -0.2) is 0 Å². The Morgan fingerprint density at radius 2 is 1.73 bits per heavy atom. The molecule has 1 N–H and O–H groups in total. The summed E-state index contributed by atoms with van der Waals surface area (Å²) in [6, 6.07) is 22.1. The van der Waals surface area contributed by atoms with Crippen LogP contribution < -0.4 is 14.8 Å². The van der Waals surface area contributed by atoms with Crippen molar-refractivity contribution in [2.24, 2.45) is 0 Å². The minimum absolute atomic E-state index is 0.00299. The van der Waals surface area contributed by atoms with Crippen molar-refractivity contribution in [3.63, 3.8) is 0 Å². The van der Waals surface area contributed by atoms with Crippen LogP contribution in [-0.2, 0) is 4.79 Å². The van der Waals surface area contributed by atoms with Crippen LogP contribution in [0.2, 0.25) is 0 Å². The van der Waals surface area contributed by atoms with Gasteiger partial charge < -0.3 is 14.8 Å². The second kappa shape index (κ2) is 9.63. The van der Waals surface area contributed by atoms with Gasteiger partial charge in [0.15, 0.2) is 6.61 Å². The first-order chi connectivity index (χ1) is 14.7. The van der Waals surface area contributed by atoms with Crippen LogP contribution in [0.3, 0.4) is 0 Å². The Morgan fingerprint density at radius 3 is 2.53 bits per heavy atom. The molecule has 30 heavy (non-hydrogen) atoms. The number of likely N-dealkylation sites (tertiary alicyclic amines) is 1. The average Bonchev–Trinajstić information content (AvgIpc) is 3.32. The second-order valence-electron chi connectivity index (χ2n) is 7.60. The molecule has 0 radical (unpaired) electrons. The number of benzene rings is 3. The molecule has 5 nitrogen and oxygen atoms in total. The van der Waals surface area contributed by atoms with Crippen LogP contribution in [0.15, 0.2) is 66.7 Å². The summed E-state index contributed by atoms with van der Waals surface area (Å²) in [5, 5.41) is 5.31. The number of carbonyl (C=O) groups excluding carboxylic acids is 1. The number of nitrogens with one attached hydrogen (secondary N) is 1. The van der Waals surface area contributed by atoms with Crippen LogP contribution in [0.1, 0.15) is 24.4 Å². The number of nitrogens with zero attached hydrogens (tertiary/aromatic N) is 1. The number of amides is 1. The highest BCUT2D eigenvalue weighted by atomic mass is 16.5. The van der Waals surface area contributed by atoms with Crippen LogP contribution >= 0.6 is 0 Å². The Labute approximate surface area is 177 Å². The van der Waals surface area contributed by atoms with Gasteiger partial charge in [0.1, 0.15) is 11.5 Å². The normalized spacial score (nSPS) is 15.1. The van der Waals surface area contributed by atoms with Gasteiger partial charge in [-0.1, -0.05) is 48.5 Å². The van der Waals surface area contributed by atoms with Crippen LogP contribution in [0.4, 0.5) is 0 Å². The summed E-state index contributed by atoms with van der Waals surface area (Å²) in [7, 11) is 1.69. The van der Waals surface area contributed by atoms with Crippen LogP contribution in [0.5, 0.6) is 11.5 Å². The predicted molar refractivity (Wildman–Crippen MR) is 119 cm³/mol. The third kappa shape index (κ3) is 4.74. The summed E-state index contributed by atoms with van der Waals surface area (Å²) in [4.78, 5) is 14.9. The van der Waals surface area contributed by atoms with Crippen molar-refractivity contribution in [3.8, 4) is 11.5 Å². The molecule has 1 fully saturated rings. The third-order valence-corrected chi connectivity index (χ3v) is 5.66. The van der Waals surface area contributed by atoms with Crippen molar-refractivity contribution in [2.75, 3.05) is 33.4 Å². The highest BCUT2D eigenvalue weighted by molar-refractivity contribution is 5.84. The Kier molecular flexibility index (Phi) is 6.50. The molecule has 1 aliphatic rings. The van der Waals surface area contributed by atoms with E-state index in [4.69, 9.17) is 9.47 Å². The highest BCUT2D eigenvalue weighted by Gasteiger charge is 2.26. The molecule has 1 amide bonds. The second-order valence-corrected chi connectivity index (χ2v) is 7.60. The van der Waals surface area contributed by atoms with Gasteiger partial charge in [-0.2, -0.15) is 0 Å². The fourth-order valence-corrected chi connectivity index (χ4v) is 4.10. The van der Waals surface area contributed by atoms with Gasteiger partial charge in [-0.05, 0) is 54.9 Å². The first-order valence-electron chi connectivity index (χ1n) is 10.5. The molecule has 1 aliphatic heterocycles. The molecule has 0 aliphatic carbocycles. The molecule has 1 unspecified atom stereocenters. The van der Waals surface area contributed by atoms with Gasteiger partial charge in [0.2, 0.25) is 0 Å². The number of rotatable bonds is 8. The van der Waals surface area contributed by atoms with E-state index >= 15 is 0 Å². The maximum absolute atomic E-state index is 12.5. The summed E-state index contributed by atoms with van der Waals surface area (Å²) in [5.41, 5.74) is 1.11. The van der Waals surface area contributed by atoms with E-state index in [0.29, 0.717) is 12.3 Å². The first kappa shape index (κ1) is 20.2. The van der Waals surface area contributed by atoms with Gasteiger partial charge in [0.05, 0.1) is 13.2 Å². The molecule has 4 rings (SSSR count). The Bertz CT molecular complexity index is 998. The van der Waals surface area contributed by atoms with Crippen LogP contribution in [0.25, 0.3) is 10.8 Å². The molecule has 0 saturated carbocycles. The third-order valence-electron chi connectivity index (χ3n) is 5.66. The molecule has 1 atom stereocenters. The molecule has 0 bridgehead atoms. The highest BCUT2D eigenvalue weighted by Crippen LogP contribution is 2.31. The predicted octanol–water partition coefficient (Wildman–Crippen LogP) is 4.18. The van der Waals surface area contributed by atoms with E-state index in [1.54, 1.807) is 7.11 Å². The van der Waals surface area contributed by atoms with E-state index in [1.807, 2.05) is 54.6 Å². The Balaban J connectivity index is 1.38. The van der Waals surface area contributed by atoms with Crippen molar-refractivity contribution >= 4 is 16.7 Å². The largest absolute Gasteiger partial charge is 0.496 e. The van der Waals surface area contributed by atoms with Gasteiger partial charge >= 0.3 is 0 Å². The smallest absolute Gasteiger partial charge is 0.258 e. The first-order valence-corrected chi connectivity index (χ1v) is 10.5. The summed E-state index contributed by atoms with van der Waals surface area (Å²) in [5.74, 6) is 1.43. The zero-order valence-electron chi connectivity index (χ0n) is 17.3. The van der Waals surface area contributed by atoms with E-state index in [1.165, 1.54) is 12.8 Å². The summed E-state index contributed by atoms with van der Waals surface area (Å²) < 4.78 is 11.3. The number of methoxy groups -OCH3 is 1. The van der Waals surface area contributed by atoms with Crippen molar-refractivity contribution < 1.29 is 14.3 Å². The SMILES string of the molecule is COc1ccccc1C(CNC(=O)COc1ccc2ccccc2c1)N1CCCC1. The van der Waals surface area contributed by atoms with E-state index in [-0.39, 0.29) is 18.6 Å². The quantitative estimate of drug-likeness (QED) is 0.612. The summed E-state index contributed by atoms with van der Waals surface area (Å²) >= 11 is 0. The molecule has 0 aromatic heterocycles. The van der Waals surface area contributed by atoms with Gasteiger partial charge in [0.25, 0.3) is 5.91 Å². The van der Waals surface area contributed by atoms with E-state index in [2.05, 4.69) is 22.3 Å². The molecule has 1 saturated heterocycles. The van der Waals surface area contributed by atoms with Crippen molar-refractivity contribution in [1.29, 1.82) is 0 Å². The number of ether oxygens (including phenoxy) is 2. The topological polar surface area (TPSA) is 50.8 Å². The molecule has 3 aromatic rings. The van der Waals surface area contributed by atoms with E-state index in [9.17, 15) is 4.79 Å². The fraction of sp³-hybridized carbons (Fsp3) is 0.320. The van der Waals surface area contributed by atoms with Crippen molar-refractivity contribution in [3.05, 3.63) is 72.3 Å². The molecule has 0 spiro atoms. The van der Waals surface area contributed by atoms with Gasteiger partial charge in [0, 0.05) is 12.1 Å². The standard InChI is InChI=1S/C25H28N2O3/c1-29-24-11-5-4-10-22(24)23(27-14-6-7-15-27)17-26-25(28)18-30-21-13-12-19-8-2-3-9-20(19)16-21/h2-5,8-13,16,23H,6-7,14-15,17-18H2,1H3,(H,26,28). The van der Waals surface area contributed by atoms with Crippen molar-refractivity contribution in [2.45, 2.75) is 18.9 Å². The van der Waals surface area contributed by atoms with Crippen LogP contribution in [-0.4, -0.2) is 44.2 Å². The number of carbonyl (C=O) groups is 1. The number of fused-ring (bicyclic) bond motifs is 1. The molecule has 5 heteroatoms. The summed E-state index contributed by atoms with van der Waals surface area (Å²) in [6.07, 6.45) is 2.37. The average molecular weight is 405 g/mol. The maximum Gasteiger partial charge on any atom is 0.258 e. The Morgan fingerprint density at radius 1 is 1.00 bits per heavy atom. The maximum atomic E-state index is 12.5. The number of hydrogen-bond donors (Lipinski definition) is 1. The van der Waals surface area contributed by atoms with Crippen molar-refractivity contribution in [1.82, 2.24) is 10.2 Å². The van der Waals surface area contributed by atoms with E-state index < -0.39 is 0 Å². The van der Waals surface area contributed by atoms with E-state index in [0.717, 1.165) is 35.2 Å². The fourth-order valence-electron chi connectivity index (χ4n) is 4.10. The number of para-hydroxylation sites is 1. The molecular weight excluding hydrogens is 376 g/mol. The monoisotopic (exact) mass is 404 g/mol. The molecule has 3 aromatic carbocycles. The lowest BCUT2D eigenvalue weighted by Crippen LogP contribution is -2.38. The zero-order valence-corrected chi connectivity index (χ0v) is 17.3. The van der Waals surface area contributed by atoms with Crippen LogP contribution in [0, 0.1) is 0 Å². The minimum atomic E-state index is -0.123. The molecular formula is C25H28N2O3. The lowest BCUT2D eigenvalue weighted by Gasteiger charge is -2.29. The number of hydrogen-bond acceptors (Lipinski definition) is 4. The molecule has 156 valence electrons. The van der Waals surface area contributed by atoms with Gasteiger partial charge in [-0.3, -0.25) is 9.69 Å².